The molecule has 0 aromatic heterocycles. The Kier molecular flexibility index (Phi) is 11.3. The van der Waals surface area contributed by atoms with Crippen molar-refractivity contribution in [3.63, 3.8) is 0 Å². The highest BCUT2D eigenvalue weighted by Gasteiger charge is 2.81. The number of aliphatic carboxylic acids is 2. The number of aliphatic hydroxyl groups excluding tert-OH is 1. The molecule has 1 spiro atoms. The second-order valence-corrected chi connectivity index (χ2v) is 16.5. The van der Waals surface area contributed by atoms with Gasteiger partial charge in [-0.05, 0) is 116 Å². The SMILES string of the molecule is C[C@]12CCC3c4ccc(O)cc4[C@@H](O)C(CCCCCCCCCC(CCC(F)(F)C(F)(F)C(F)(F)C(F)(F)F)(C(=O)O)C(=O)O)C3C1CCC21CC1. The van der Waals surface area contributed by atoms with E-state index in [-0.39, 0.29) is 29.9 Å². The molecule has 3 saturated carbocycles. The van der Waals surface area contributed by atoms with Crippen LogP contribution >= 0.6 is 0 Å². The number of carboxylic acid groups (broad SMARTS) is 2. The van der Waals surface area contributed by atoms with Crippen molar-refractivity contribution >= 4 is 11.9 Å². The maximum absolute atomic E-state index is 14.1. The zero-order valence-corrected chi connectivity index (χ0v) is 29.6. The zero-order valence-electron chi connectivity index (χ0n) is 29.6. The average Bonchev–Trinajstić information content (AvgIpc) is 3.80. The van der Waals surface area contributed by atoms with Crippen molar-refractivity contribution in [2.24, 2.45) is 34.0 Å². The van der Waals surface area contributed by atoms with Crippen LogP contribution in [0.4, 0.5) is 39.5 Å². The van der Waals surface area contributed by atoms with Gasteiger partial charge in [0.2, 0.25) is 0 Å². The summed E-state index contributed by atoms with van der Waals surface area (Å²) >= 11 is 0. The summed E-state index contributed by atoms with van der Waals surface area (Å²) in [4.78, 5) is 23.8. The average molecular weight is 773 g/mol. The van der Waals surface area contributed by atoms with Gasteiger partial charge >= 0.3 is 35.9 Å². The molecule has 4 unspecified atom stereocenters. The molecular weight excluding hydrogens is 723 g/mol. The van der Waals surface area contributed by atoms with Crippen LogP contribution in [0.15, 0.2) is 18.2 Å². The van der Waals surface area contributed by atoms with E-state index in [1.807, 2.05) is 6.07 Å². The summed E-state index contributed by atoms with van der Waals surface area (Å²) < 4.78 is 120. The monoisotopic (exact) mass is 772 g/mol. The number of halogens is 9. The molecule has 0 heterocycles. The van der Waals surface area contributed by atoms with E-state index in [9.17, 15) is 69.5 Å². The summed E-state index contributed by atoms with van der Waals surface area (Å²) in [5.41, 5.74) is -0.479. The first-order chi connectivity index (χ1) is 24.5. The quantitative estimate of drug-likeness (QED) is 0.0712. The van der Waals surface area contributed by atoms with Gasteiger partial charge in [-0.3, -0.25) is 9.59 Å². The Bertz CT molecular complexity index is 1490. The van der Waals surface area contributed by atoms with Crippen LogP contribution in [-0.4, -0.2) is 56.3 Å². The van der Waals surface area contributed by atoms with Gasteiger partial charge in [0, 0.05) is 6.42 Å². The first-order valence-corrected chi connectivity index (χ1v) is 18.7. The summed E-state index contributed by atoms with van der Waals surface area (Å²) in [5.74, 6) is -23.3. The van der Waals surface area contributed by atoms with Gasteiger partial charge in [0.05, 0.1) is 6.10 Å². The van der Waals surface area contributed by atoms with Gasteiger partial charge in [-0.15, -0.1) is 0 Å². The first-order valence-electron chi connectivity index (χ1n) is 18.7. The van der Waals surface area contributed by atoms with E-state index in [4.69, 9.17) is 0 Å². The molecule has 1 aromatic rings. The lowest BCUT2D eigenvalue weighted by Crippen LogP contribution is -2.61. The maximum atomic E-state index is 14.1. The minimum Gasteiger partial charge on any atom is -0.508 e. The Hall–Kier alpha value is -2.71. The number of aromatic hydroxyl groups is 1. The summed E-state index contributed by atoms with van der Waals surface area (Å²) in [6.45, 7) is 2.45. The van der Waals surface area contributed by atoms with Crippen molar-refractivity contribution in [3.05, 3.63) is 29.3 Å². The summed E-state index contributed by atoms with van der Waals surface area (Å²) in [5, 5.41) is 41.1. The Morgan fingerprint density at radius 1 is 0.736 bits per heavy atom. The number of alkyl halides is 9. The molecule has 3 fully saturated rings. The molecule has 0 bridgehead atoms. The molecule has 4 aliphatic rings. The molecule has 0 aliphatic heterocycles. The highest BCUT2D eigenvalue weighted by atomic mass is 19.4. The smallest absolute Gasteiger partial charge is 0.460 e. The number of phenols is 1. The molecule has 0 saturated heterocycles. The lowest BCUT2D eigenvalue weighted by molar-refractivity contribution is -0.397. The summed E-state index contributed by atoms with van der Waals surface area (Å²) in [6, 6.07) is 5.35. The number of carbonyl (C=O) groups is 2. The molecule has 5 rings (SSSR count). The van der Waals surface area contributed by atoms with Crippen molar-refractivity contribution in [3.8, 4) is 5.75 Å². The highest BCUT2D eigenvalue weighted by molar-refractivity contribution is 5.98. The molecule has 0 amide bonds. The fourth-order valence-corrected chi connectivity index (χ4v) is 10.6. The van der Waals surface area contributed by atoms with E-state index in [0.717, 1.165) is 56.1 Å². The van der Waals surface area contributed by atoms with E-state index in [0.29, 0.717) is 36.0 Å². The van der Waals surface area contributed by atoms with Crippen molar-refractivity contribution < 1.29 is 69.5 Å². The Balaban J connectivity index is 1.12. The number of carboxylic acids is 2. The topological polar surface area (TPSA) is 115 Å². The van der Waals surface area contributed by atoms with Gasteiger partial charge in [0.1, 0.15) is 5.75 Å². The summed E-state index contributed by atoms with van der Waals surface area (Å²) in [6.07, 6.45) is -1.42. The van der Waals surface area contributed by atoms with Crippen LogP contribution in [0, 0.1) is 34.0 Å². The van der Waals surface area contributed by atoms with E-state index >= 15 is 0 Å². The maximum Gasteiger partial charge on any atom is 0.460 e. The van der Waals surface area contributed by atoms with E-state index in [1.165, 1.54) is 19.3 Å². The van der Waals surface area contributed by atoms with Crippen LogP contribution in [0.5, 0.6) is 5.75 Å². The van der Waals surface area contributed by atoms with Gasteiger partial charge in [-0.2, -0.15) is 39.5 Å². The third-order valence-electron chi connectivity index (χ3n) is 13.9. The van der Waals surface area contributed by atoms with E-state index < -0.39 is 66.7 Å². The number of hydrogen-bond acceptors (Lipinski definition) is 4. The minimum absolute atomic E-state index is 0.0278. The highest BCUT2D eigenvalue weighted by Crippen LogP contribution is 2.77. The molecule has 300 valence electrons. The number of fused-ring (bicyclic) bond motifs is 6. The van der Waals surface area contributed by atoms with Crippen molar-refractivity contribution in [1.82, 2.24) is 0 Å². The molecule has 6 nitrogen and oxygen atoms in total. The second-order valence-electron chi connectivity index (χ2n) is 16.5. The van der Waals surface area contributed by atoms with Gasteiger partial charge in [-0.1, -0.05) is 57.9 Å². The zero-order chi connectivity index (χ0) is 39.4. The largest absolute Gasteiger partial charge is 0.508 e. The predicted octanol–water partition coefficient (Wildman–Crippen LogP) is 10.7. The third kappa shape index (κ3) is 7.02. The second kappa shape index (κ2) is 14.4. The van der Waals surface area contributed by atoms with Crippen LogP contribution in [0.25, 0.3) is 0 Å². The number of phenolic OH excluding ortho intramolecular Hbond substituents is 1. The van der Waals surface area contributed by atoms with Crippen LogP contribution in [-0.2, 0) is 9.59 Å². The van der Waals surface area contributed by atoms with Crippen LogP contribution in [0.2, 0.25) is 0 Å². The lowest BCUT2D eigenvalue weighted by Gasteiger charge is -2.55. The molecule has 53 heavy (non-hydrogen) atoms. The van der Waals surface area contributed by atoms with Gasteiger partial charge < -0.3 is 20.4 Å². The lowest BCUT2D eigenvalue weighted by atomic mass is 9.50. The Labute approximate surface area is 302 Å². The molecule has 1 aromatic carbocycles. The van der Waals surface area contributed by atoms with Gasteiger partial charge in [0.25, 0.3) is 0 Å². The number of unbranched alkanes of at least 4 members (excludes halogenated alkanes) is 6. The molecular formula is C38H49F9O6. The number of benzene rings is 1. The number of aliphatic hydroxyl groups is 1. The third-order valence-corrected chi connectivity index (χ3v) is 13.9. The van der Waals surface area contributed by atoms with Crippen molar-refractivity contribution in [2.45, 2.75) is 152 Å². The molecule has 4 aliphatic carbocycles. The van der Waals surface area contributed by atoms with Crippen LogP contribution < -0.4 is 0 Å². The molecule has 6 atom stereocenters. The van der Waals surface area contributed by atoms with Crippen molar-refractivity contribution in [1.29, 1.82) is 0 Å². The molecule has 4 N–H and O–H groups in total. The Morgan fingerprint density at radius 3 is 1.89 bits per heavy atom. The Morgan fingerprint density at radius 2 is 1.32 bits per heavy atom. The minimum atomic E-state index is -7.15. The first kappa shape index (κ1) is 41.5. The van der Waals surface area contributed by atoms with Gasteiger partial charge in [0.15, 0.2) is 5.41 Å². The van der Waals surface area contributed by atoms with Crippen LogP contribution in [0.1, 0.15) is 139 Å². The fraction of sp³-hybridized carbons (Fsp3) is 0.789. The van der Waals surface area contributed by atoms with Gasteiger partial charge in [-0.25, -0.2) is 0 Å². The molecule has 15 heteroatoms. The van der Waals surface area contributed by atoms with E-state index in [2.05, 4.69) is 6.92 Å². The van der Waals surface area contributed by atoms with Crippen molar-refractivity contribution in [2.75, 3.05) is 0 Å². The van der Waals surface area contributed by atoms with E-state index in [1.54, 1.807) is 12.1 Å². The fourth-order valence-electron chi connectivity index (χ4n) is 10.6. The van der Waals surface area contributed by atoms with Crippen LogP contribution in [0.3, 0.4) is 0 Å². The number of hydrogen-bond donors (Lipinski definition) is 4. The standard InChI is InChI=1S/C38H49F9O6/c1-32-15-12-24-23-11-10-22(48)21-26(23)29(49)25(28(24)27(32)13-16-33(32)17-18-33)9-7-5-3-2-4-6-8-14-34(30(50)51,31(52)53)19-20-35(39,40)36(41,42)37(43,44)38(45,46)47/h10-11,21,24-25,27-29,48-49H,2-9,12-20H2,1H3,(H,50,51)(H,52,53)/t24?,25?,27?,28?,29-,32-/m0/s1. The predicted molar refractivity (Wildman–Crippen MR) is 174 cm³/mol. The number of rotatable bonds is 17. The summed E-state index contributed by atoms with van der Waals surface area (Å²) in [7, 11) is 0. The normalized spacial score (nSPS) is 28.3. The molecule has 0 radical (unpaired) electrons.